The quantitative estimate of drug-likeness (QED) is 0.142. The first-order chi connectivity index (χ1) is 16.0. The highest BCUT2D eigenvalue weighted by molar-refractivity contribution is 5.90. The third-order valence-corrected chi connectivity index (χ3v) is 6.56. The molecule has 0 heterocycles. The molecule has 0 aliphatic heterocycles. The fourth-order valence-corrected chi connectivity index (χ4v) is 4.35. The number of carbonyl (C=O) groups excluding carboxylic acids is 1. The second-order valence-electron chi connectivity index (χ2n) is 10.1. The molecule has 0 aliphatic carbocycles. The van der Waals surface area contributed by atoms with Crippen LogP contribution in [0.3, 0.4) is 0 Å². The van der Waals surface area contributed by atoms with Gasteiger partial charge in [0.05, 0.1) is 0 Å². The van der Waals surface area contributed by atoms with Crippen LogP contribution in [0.1, 0.15) is 141 Å². The van der Waals surface area contributed by atoms with Crippen molar-refractivity contribution in [1.29, 1.82) is 0 Å². The molecule has 0 fully saturated rings. The first-order valence-corrected chi connectivity index (χ1v) is 13.8. The van der Waals surface area contributed by atoms with Gasteiger partial charge in [0.15, 0.2) is 0 Å². The van der Waals surface area contributed by atoms with Crippen LogP contribution in [0.15, 0.2) is 12.1 Å². The number of urea groups is 1. The zero-order valence-electron chi connectivity index (χ0n) is 22.1. The number of phenols is 1. The summed E-state index contributed by atoms with van der Waals surface area (Å²) in [6, 6.07) is 3.43. The minimum atomic E-state index is -0.167. The van der Waals surface area contributed by atoms with Gasteiger partial charge in [-0.2, -0.15) is 0 Å². The molecule has 4 nitrogen and oxygen atoms in total. The van der Waals surface area contributed by atoms with Crippen molar-refractivity contribution < 1.29 is 9.90 Å². The number of unbranched alkanes of at least 4 members (excludes halogenated alkanes) is 15. The average Bonchev–Trinajstić information content (AvgIpc) is 2.77. The number of anilines is 1. The molecule has 3 N–H and O–H groups in total. The van der Waals surface area contributed by atoms with Gasteiger partial charge in [-0.25, -0.2) is 4.79 Å². The summed E-state index contributed by atoms with van der Waals surface area (Å²) < 4.78 is 0. The Kier molecular flexibility index (Phi) is 16.6. The van der Waals surface area contributed by atoms with Crippen LogP contribution in [0.25, 0.3) is 0 Å². The van der Waals surface area contributed by atoms with Crippen molar-refractivity contribution in [3.8, 4) is 5.75 Å². The molecule has 190 valence electrons. The number of hydrogen-bond acceptors (Lipinski definition) is 2. The standard InChI is InChI=1S/C29H52N2O2/c1-5-6-7-8-9-10-11-12-13-14-15-16-17-18-19-20-21-30-29(33)31-27-23-26(24(2)3)28(32)22-25(27)4/h22-24,32H,5-21H2,1-4H3,(H2,30,31,33). The van der Waals surface area contributed by atoms with E-state index < -0.39 is 0 Å². The molecular weight excluding hydrogens is 408 g/mol. The number of carbonyl (C=O) groups is 1. The summed E-state index contributed by atoms with van der Waals surface area (Å²) >= 11 is 0. The number of hydrogen-bond donors (Lipinski definition) is 3. The van der Waals surface area contributed by atoms with Crippen molar-refractivity contribution in [2.45, 2.75) is 136 Å². The third kappa shape index (κ3) is 14.2. The highest BCUT2D eigenvalue weighted by atomic mass is 16.3. The van der Waals surface area contributed by atoms with Gasteiger partial charge in [0.1, 0.15) is 5.75 Å². The predicted molar refractivity (Wildman–Crippen MR) is 144 cm³/mol. The van der Waals surface area contributed by atoms with E-state index in [1.54, 1.807) is 6.07 Å². The molecular formula is C29H52N2O2. The van der Waals surface area contributed by atoms with Gasteiger partial charge in [-0.05, 0) is 42.5 Å². The fraction of sp³-hybridized carbons (Fsp3) is 0.759. The summed E-state index contributed by atoms with van der Waals surface area (Å²) in [7, 11) is 0. The minimum absolute atomic E-state index is 0.167. The zero-order valence-corrected chi connectivity index (χ0v) is 22.1. The van der Waals surface area contributed by atoms with Crippen LogP contribution in [0.5, 0.6) is 5.75 Å². The summed E-state index contributed by atoms with van der Waals surface area (Å²) in [6.45, 7) is 8.95. The Bertz CT molecular complexity index is 643. The Labute approximate surface area is 204 Å². The summed E-state index contributed by atoms with van der Waals surface area (Å²) in [5.41, 5.74) is 2.49. The number of aryl methyl sites for hydroxylation is 1. The highest BCUT2D eigenvalue weighted by Crippen LogP contribution is 2.31. The van der Waals surface area contributed by atoms with Crippen LogP contribution in [0, 0.1) is 6.92 Å². The maximum Gasteiger partial charge on any atom is 0.319 e. The monoisotopic (exact) mass is 460 g/mol. The summed E-state index contributed by atoms with van der Waals surface area (Å²) in [5, 5.41) is 15.9. The van der Waals surface area contributed by atoms with Gasteiger partial charge in [0.25, 0.3) is 0 Å². The summed E-state index contributed by atoms with van der Waals surface area (Å²) in [4.78, 5) is 12.2. The third-order valence-electron chi connectivity index (χ3n) is 6.56. The Balaban J connectivity index is 1.96. The maximum atomic E-state index is 12.2. The smallest absolute Gasteiger partial charge is 0.319 e. The molecule has 0 saturated carbocycles. The number of aromatic hydroxyl groups is 1. The molecule has 0 radical (unpaired) electrons. The van der Waals surface area contributed by atoms with Crippen molar-refractivity contribution in [2.24, 2.45) is 0 Å². The molecule has 33 heavy (non-hydrogen) atoms. The van der Waals surface area contributed by atoms with E-state index in [1.165, 1.54) is 96.3 Å². The molecule has 0 saturated heterocycles. The zero-order chi connectivity index (χ0) is 24.3. The molecule has 4 heteroatoms. The van der Waals surface area contributed by atoms with E-state index in [2.05, 4.69) is 17.6 Å². The molecule has 1 aromatic rings. The van der Waals surface area contributed by atoms with Crippen molar-refractivity contribution in [1.82, 2.24) is 5.32 Å². The Morgan fingerprint density at radius 3 is 1.70 bits per heavy atom. The Hall–Kier alpha value is -1.71. The van der Waals surface area contributed by atoms with E-state index in [0.29, 0.717) is 12.3 Å². The van der Waals surface area contributed by atoms with Gasteiger partial charge in [-0.15, -0.1) is 0 Å². The first-order valence-electron chi connectivity index (χ1n) is 13.8. The summed E-state index contributed by atoms with van der Waals surface area (Å²) in [6.07, 6.45) is 21.6. The van der Waals surface area contributed by atoms with Crippen LogP contribution in [0.2, 0.25) is 0 Å². The van der Waals surface area contributed by atoms with E-state index >= 15 is 0 Å². The molecule has 0 atom stereocenters. The SMILES string of the molecule is CCCCCCCCCCCCCCCCCCNC(=O)Nc1cc(C(C)C)c(O)cc1C. The van der Waals surface area contributed by atoms with E-state index in [0.717, 1.165) is 23.2 Å². The largest absolute Gasteiger partial charge is 0.508 e. The summed E-state index contributed by atoms with van der Waals surface area (Å²) in [5.74, 6) is 0.501. The van der Waals surface area contributed by atoms with Gasteiger partial charge in [0, 0.05) is 12.2 Å². The fourth-order valence-electron chi connectivity index (χ4n) is 4.35. The van der Waals surface area contributed by atoms with Crippen LogP contribution in [0.4, 0.5) is 10.5 Å². The predicted octanol–water partition coefficient (Wildman–Crippen LogP) is 9.21. The van der Waals surface area contributed by atoms with Crippen LogP contribution in [-0.2, 0) is 0 Å². The van der Waals surface area contributed by atoms with Crippen LogP contribution >= 0.6 is 0 Å². The number of nitrogens with one attached hydrogen (secondary N) is 2. The lowest BCUT2D eigenvalue weighted by Gasteiger charge is -2.15. The molecule has 2 amide bonds. The maximum absolute atomic E-state index is 12.2. The molecule has 0 aliphatic rings. The topological polar surface area (TPSA) is 61.4 Å². The first kappa shape index (κ1) is 29.3. The molecule has 0 spiro atoms. The van der Waals surface area contributed by atoms with E-state index in [4.69, 9.17) is 0 Å². The number of phenolic OH excluding ortho intramolecular Hbond substituents is 1. The van der Waals surface area contributed by atoms with Crippen molar-refractivity contribution >= 4 is 11.7 Å². The van der Waals surface area contributed by atoms with E-state index in [9.17, 15) is 9.90 Å². The van der Waals surface area contributed by atoms with Gasteiger partial charge >= 0.3 is 6.03 Å². The minimum Gasteiger partial charge on any atom is -0.508 e. The van der Waals surface area contributed by atoms with Gasteiger partial charge in [-0.1, -0.05) is 117 Å². The van der Waals surface area contributed by atoms with Crippen LogP contribution in [-0.4, -0.2) is 17.7 Å². The lowest BCUT2D eigenvalue weighted by atomic mass is 9.99. The lowest BCUT2D eigenvalue weighted by Crippen LogP contribution is -2.29. The highest BCUT2D eigenvalue weighted by Gasteiger charge is 2.11. The molecule has 1 aromatic carbocycles. The van der Waals surface area contributed by atoms with Crippen molar-refractivity contribution in [2.75, 3.05) is 11.9 Å². The number of benzene rings is 1. The molecule has 1 rings (SSSR count). The Morgan fingerprint density at radius 2 is 1.24 bits per heavy atom. The molecule has 0 unspecified atom stereocenters. The Morgan fingerprint density at radius 1 is 0.788 bits per heavy atom. The van der Waals surface area contributed by atoms with Crippen LogP contribution < -0.4 is 10.6 Å². The van der Waals surface area contributed by atoms with Gasteiger partial charge in [-0.3, -0.25) is 0 Å². The average molecular weight is 461 g/mol. The van der Waals surface area contributed by atoms with Crippen molar-refractivity contribution in [3.63, 3.8) is 0 Å². The second-order valence-corrected chi connectivity index (χ2v) is 10.1. The number of rotatable bonds is 19. The lowest BCUT2D eigenvalue weighted by molar-refractivity contribution is 0.252. The van der Waals surface area contributed by atoms with Crippen molar-refractivity contribution in [3.05, 3.63) is 23.3 Å². The van der Waals surface area contributed by atoms with Gasteiger partial charge < -0.3 is 15.7 Å². The van der Waals surface area contributed by atoms with Gasteiger partial charge in [0.2, 0.25) is 0 Å². The molecule has 0 bridgehead atoms. The second kappa shape index (κ2) is 18.7. The molecule has 0 aromatic heterocycles. The number of amides is 2. The normalized spacial score (nSPS) is 11.2. The van der Waals surface area contributed by atoms with E-state index in [1.807, 2.05) is 26.8 Å². The van der Waals surface area contributed by atoms with E-state index in [-0.39, 0.29) is 11.9 Å².